The van der Waals surface area contributed by atoms with Gasteiger partial charge in [-0.2, -0.15) is 0 Å². The number of ketones is 1. The largest absolute Gasteiger partial charge is 0.463 e. The van der Waals surface area contributed by atoms with E-state index in [9.17, 15) is 9.59 Å². The van der Waals surface area contributed by atoms with Crippen molar-refractivity contribution in [2.75, 3.05) is 26.2 Å². The zero-order valence-corrected chi connectivity index (χ0v) is 8.08. The van der Waals surface area contributed by atoms with E-state index in [4.69, 9.17) is 4.74 Å². The van der Waals surface area contributed by atoms with Gasteiger partial charge >= 0.3 is 5.97 Å². The number of nitrogens with zero attached hydrogens (tertiary/aromatic N) is 1. The van der Waals surface area contributed by atoms with Gasteiger partial charge in [-0.25, -0.2) is 0 Å². The molecule has 74 valence electrons. The molecular formula is C9H15NO3. The van der Waals surface area contributed by atoms with Crippen LogP contribution in [0.25, 0.3) is 0 Å². The molecule has 1 fully saturated rings. The van der Waals surface area contributed by atoms with Gasteiger partial charge in [0.1, 0.15) is 12.4 Å². The summed E-state index contributed by atoms with van der Waals surface area (Å²) in [5, 5.41) is 0. The number of cyclic esters (lactones) is 1. The number of rotatable bonds is 3. The molecule has 0 spiro atoms. The van der Waals surface area contributed by atoms with Crippen LogP contribution in [0.2, 0.25) is 0 Å². The summed E-state index contributed by atoms with van der Waals surface area (Å²) in [5.74, 6) is -0.0181. The van der Waals surface area contributed by atoms with E-state index in [0.717, 1.165) is 0 Å². The van der Waals surface area contributed by atoms with E-state index in [1.807, 2.05) is 18.7 Å². The number of Topliss-reactive ketones (excluding diaryl/α,β-unsaturated/α-hetero) is 1. The molecule has 0 aromatic rings. The number of morpholine rings is 1. The molecule has 1 aliphatic rings. The van der Waals surface area contributed by atoms with Gasteiger partial charge in [0.15, 0.2) is 0 Å². The molecule has 0 unspecified atom stereocenters. The molecule has 0 saturated carbocycles. The Labute approximate surface area is 77.8 Å². The smallest absolute Gasteiger partial charge is 0.320 e. The highest BCUT2D eigenvalue weighted by Gasteiger charge is 2.20. The fourth-order valence-corrected chi connectivity index (χ4v) is 1.13. The van der Waals surface area contributed by atoms with Crippen molar-refractivity contribution in [3.8, 4) is 0 Å². The van der Waals surface area contributed by atoms with Crippen molar-refractivity contribution < 1.29 is 14.3 Å². The Kier molecular flexibility index (Phi) is 3.42. The van der Waals surface area contributed by atoms with Gasteiger partial charge in [-0.3, -0.25) is 14.5 Å². The molecule has 0 amide bonds. The van der Waals surface area contributed by atoms with Gasteiger partial charge in [0.2, 0.25) is 0 Å². The van der Waals surface area contributed by atoms with E-state index in [0.29, 0.717) is 19.7 Å². The molecule has 1 rings (SSSR count). The zero-order valence-electron chi connectivity index (χ0n) is 8.08. The molecule has 4 nitrogen and oxygen atoms in total. The normalized spacial score (nSPS) is 18.8. The van der Waals surface area contributed by atoms with Crippen molar-refractivity contribution >= 4 is 11.8 Å². The molecule has 0 atom stereocenters. The van der Waals surface area contributed by atoms with Gasteiger partial charge < -0.3 is 4.74 Å². The first-order chi connectivity index (χ1) is 6.09. The van der Waals surface area contributed by atoms with Gasteiger partial charge in [-0.1, -0.05) is 13.8 Å². The molecule has 1 heterocycles. The second kappa shape index (κ2) is 4.37. The molecule has 4 heteroatoms. The molecule has 0 aromatic heterocycles. The summed E-state index contributed by atoms with van der Waals surface area (Å²) in [5.41, 5.74) is 0. The number of ether oxygens (including phenoxy) is 1. The number of hydrogen-bond acceptors (Lipinski definition) is 4. The van der Waals surface area contributed by atoms with Gasteiger partial charge in [-0.05, 0) is 0 Å². The van der Waals surface area contributed by atoms with Crippen molar-refractivity contribution in [2.24, 2.45) is 5.92 Å². The van der Waals surface area contributed by atoms with Gasteiger partial charge in [0, 0.05) is 12.5 Å². The number of hydrogen-bond donors (Lipinski definition) is 0. The van der Waals surface area contributed by atoms with Crippen LogP contribution < -0.4 is 0 Å². The van der Waals surface area contributed by atoms with Gasteiger partial charge in [0.05, 0.1) is 13.1 Å². The third-order valence-corrected chi connectivity index (χ3v) is 2.05. The molecule has 0 aliphatic carbocycles. The lowest BCUT2D eigenvalue weighted by molar-refractivity contribution is -0.151. The van der Waals surface area contributed by atoms with Crippen molar-refractivity contribution in [1.29, 1.82) is 0 Å². The maximum atomic E-state index is 11.3. The number of carbonyl (C=O) groups excluding carboxylic acids is 2. The predicted octanol–water partition coefficient (Wildman–Crippen LogP) is 0.0703. The van der Waals surface area contributed by atoms with Crippen LogP contribution in [0.1, 0.15) is 13.8 Å². The lowest BCUT2D eigenvalue weighted by Gasteiger charge is -2.25. The fourth-order valence-electron chi connectivity index (χ4n) is 1.13. The number of carbonyl (C=O) groups is 2. The van der Waals surface area contributed by atoms with E-state index < -0.39 is 0 Å². The van der Waals surface area contributed by atoms with Gasteiger partial charge in [-0.15, -0.1) is 0 Å². The van der Waals surface area contributed by atoms with Crippen LogP contribution in [0.3, 0.4) is 0 Å². The monoisotopic (exact) mass is 185 g/mol. The Morgan fingerprint density at radius 2 is 2.31 bits per heavy atom. The standard InChI is InChI=1S/C9H15NO3/c1-7(2)8(11)5-10-3-4-13-9(12)6-10/h7H,3-6H2,1-2H3. The van der Waals surface area contributed by atoms with E-state index in [1.165, 1.54) is 0 Å². The third-order valence-electron chi connectivity index (χ3n) is 2.05. The van der Waals surface area contributed by atoms with Crippen LogP contribution in [-0.4, -0.2) is 42.9 Å². The van der Waals surface area contributed by atoms with Crippen LogP contribution >= 0.6 is 0 Å². The fraction of sp³-hybridized carbons (Fsp3) is 0.778. The summed E-state index contributed by atoms with van der Waals surface area (Å²) in [6.45, 7) is 5.43. The van der Waals surface area contributed by atoms with E-state index >= 15 is 0 Å². The Bertz CT molecular complexity index is 213. The summed E-state index contributed by atoms with van der Waals surface area (Å²) in [4.78, 5) is 24.0. The topological polar surface area (TPSA) is 46.6 Å². The van der Waals surface area contributed by atoms with Crippen LogP contribution in [-0.2, 0) is 14.3 Å². The first-order valence-electron chi connectivity index (χ1n) is 4.50. The average Bonchev–Trinajstić information content (AvgIpc) is 2.04. The van der Waals surface area contributed by atoms with E-state index in [-0.39, 0.29) is 24.2 Å². The predicted molar refractivity (Wildman–Crippen MR) is 47.2 cm³/mol. The summed E-state index contributed by atoms with van der Waals surface area (Å²) in [6, 6.07) is 0. The van der Waals surface area contributed by atoms with Crippen LogP contribution in [0.4, 0.5) is 0 Å². The van der Waals surface area contributed by atoms with Crippen molar-refractivity contribution in [1.82, 2.24) is 4.90 Å². The lowest BCUT2D eigenvalue weighted by atomic mass is 10.1. The first-order valence-corrected chi connectivity index (χ1v) is 4.50. The summed E-state index contributed by atoms with van der Waals surface area (Å²) < 4.78 is 4.76. The molecule has 0 radical (unpaired) electrons. The van der Waals surface area contributed by atoms with Crippen LogP contribution in [0.15, 0.2) is 0 Å². The highest BCUT2D eigenvalue weighted by molar-refractivity contribution is 5.83. The van der Waals surface area contributed by atoms with Crippen molar-refractivity contribution in [3.63, 3.8) is 0 Å². The molecule has 13 heavy (non-hydrogen) atoms. The molecular weight excluding hydrogens is 170 g/mol. The Hall–Kier alpha value is -0.900. The highest BCUT2D eigenvalue weighted by atomic mass is 16.5. The van der Waals surface area contributed by atoms with Crippen LogP contribution in [0, 0.1) is 5.92 Å². The average molecular weight is 185 g/mol. The minimum Gasteiger partial charge on any atom is -0.463 e. The maximum Gasteiger partial charge on any atom is 0.320 e. The Morgan fingerprint density at radius 1 is 1.62 bits per heavy atom. The molecule has 0 aromatic carbocycles. The molecule has 0 N–H and O–H groups in total. The first kappa shape index (κ1) is 10.2. The summed E-state index contributed by atoms with van der Waals surface area (Å²) >= 11 is 0. The summed E-state index contributed by atoms with van der Waals surface area (Å²) in [6.07, 6.45) is 0. The second-order valence-corrected chi connectivity index (χ2v) is 3.55. The maximum absolute atomic E-state index is 11.3. The Balaban J connectivity index is 2.36. The molecule has 0 bridgehead atoms. The summed E-state index contributed by atoms with van der Waals surface area (Å²) in [7, 11) is 0. The number of esters is 1. The van der Waals surface area contributed by atoms with Crippen molar-refractivity contribution in [2.45, 2.75) is 13.8 Å². The van der Waals surface area contributed by atoms with E-state index in [1.54, 1.807) is 0 Å². The lowest BCUT2D eigenvalue weighted by Crippen LogP contribution is -2.43. The second-order valence-electron chi connectivity index (χ2n) is 3.55. The quantitative estimate of drug-likeness (QED) is 0.584. The minimum atomic E-state index is -0.234. The van der Waals surface area contributed by atoms with Crippen LogP contribution in [0.5, 0.6) is 0 Å². The van der Waals surface area contributed by atoms with Crippen molar-refractivity contribution in [3.05, 3.63) is 0 Å². The molecule has 1 saturated heterocycles. The van der Waals surface area contributed by atoms with E-state index in [2.05, 4.69) is 0 Å². The Morgan fingerprint density at radius 3 is 2.85 bits per heavy atom. The SMILES string of the molecule is CC(C)C(=O)CN1CCOC(=O)C1. The van der Waals surface area contributed by atoms with Gasteiger partial charge in [0.25, 0.3) is 0 Å². The minimum absolute atomic E-state index is 0.0398. The molecule has 1 aliphatic heterocycles. The zero-order chi connectivity index (χ0) is 9.84. The third kappa shape index (κ3) is 3.14. The highest BCUT2D eigenvalue weighted by Crippen LogP contribution is 2.01.